The Morgan fingerprint density at radius 1 is 1.00 bits per heavy atom. The van der Waals surface area contributed by atoms with E-state index in [2.05, 4.69) is 28.9 Å². The lowest BCUT2D eigenvalue weighted by molar-refractivity contribution is 0.0399. The molecule has 3 atom stereocenters. The summed E-state index contributed by atoms with van der Waals surface area (Å²) in [7, 11) is 0. The number of benzene rings is 2. The lowest BCUT2D eigenvalue weighted by atomic mass is 10.0. The van der Waals surface area contributed by atoms with E-state index in [1.54, 1.807) is 0 Å². The molecule has 5 rings (SSSR count). The third-order valence-corrected chi connectivity index (χ3v) is 6.77. The summed E-state index contributed by atoms with van der Waals surface area (Å²) in [6.45, 7) is 7.08. The Kier molecular flexibility index (Phi) is 7.11. The van der Waals surface area contributed by atoms with Crippen molar-refractivity contribution in [2.45, 2.75) is 38.0 Å². The van der Waals surface area contributed by atoms with E-state index < -0.39 is 0 Å². The number of likely N-dealkylation sites (tertiary alicyclic amines) is 1. The molecule has 3 heterocycles. The molecule has 3 unspecified atom stereocenters. The molecular weight excluding hydrogens is 426 g/mol. The first-order chi connectivity index (χ1) is 15.2. The first kappa shape index (κ1) is 22.7. The van der Waals surface area contributed by atoms with Crippen molar-refractivity contribution in [1.82, 2.24) is 14.7 Å². The Hall–Kier alpha value is -2.44. The van der Waals surface area contributed by atoms with E-state index in [1.165, 1.54) is 5.56 Å². The second-order valence-corrected chi connectivity index (χ2v) is 8.81. The molecule has 0 spiro atoms. The van der Waals surface area contributed by atoms with E-state index in [4.69, 9.17) is 9.47 Å². The quantitative estimate of drug-likeness (QED) is 0.674. The van der Waals surface area contributed by atoms with Gasteiger partial charge in [-0.05, 0) is 44.0 Å². The number of hydrogen-bond donors (Lipinski definition) is 0. The Morgan fingerprint density at radius 2 is 1.75 bits per heavy atom. The van der Waals surface area contributed by atoms with Gasteiger partial charge in [-0.1, -0.05) is 42.5 Å². The van der Waals surface area contributed by atoms with Gasteiger partial charge in [0, 0.05) is 32.2 Å². The molecule has 0 bridgehead atoms. The van der Waals surface area contributed by atoms with Crippen LogP contribution in [0.25, 0.3) is 0 Å². The van der Waals surface area contributed by atoms with Crippen molar-refractivity contribution in [2.24, 2.45) is 0 Å². The minimum atomic E-state index is 0. The molecule has 7 heteroatoms. The highest BCUT2D eigenvalue weighted by Crippen LogP contribution is 2.32. The van der Waals surface area contributed by atoms with Crippen LogP contribution in [0.5, 0.6) is 11.5 Å². The van der Waals surface area contributed by atoms with E-state index in [0.29, 0.717) is 6.61 Å². The van der Waals surface area contributed by atoms with Crippen LogP contribution in [0, 0.1) is 0 Å². The van der Waals surface area contributed by atoms with E-state index in [0.717, 1.165) is 57.1 Å². The molecule has 2 saturated heterocycles. The number of nitrogens with zero attached hydrogens (tertiary/aromatic N) is 3. The number of halogens is 1. The molecule has 32 heavy (non-hydrogen) atoms. The molecule has 0 N–H and O–H groups in total. The summed E-state index contributed by atoms with van der Waals surface area (Å²) >= 11 is 0. The zero-order chi connectivity index (χ0) is 21.2. The van der Waals surface area contributed by atoms with Crippen molar-refractivity contribution in [3.8, 4) is 11.5 Å². The monoisotopic (exact) mass is 457 g/mol. The third kappa shape index (κ3) is 4.66. The number of piperidine rings is 1. The van der Waals surface area contributed by atoms with Crippen molar-refractivity contribution in [1.29, 1.82) is 0 Å². The minimum absolute atomic E-state index is 0. The third-order valence-electron chi connectivity index (χ3n) is 6.77. The summed E-state index contributed by atoms with van der Waals surface area (Å²) in [4.78, 5) is 19.8. The first-order valence-electron chi connectivity index (χ1n) is 11.4. The molecular formula is C25H32ClN3O3. The smallest absolute Gasteiger partial charge is 0.320 e. The van der Waals surface area contributed by atoms with Crippen molar-refractivity contribution < 1.29 is 14.3 Å². The van der Waals surface area contributed by atoms with E-state index in [1.807, 2.05) is 47.4 Å². The van der Waals surface area contributed by atoms with Gasteiger partial charge in [-0.25, -0.2) is 4.79 Å². The van der Waals surface area contributed by atoms with Crippen molar-refractivity contribution in [3.05, 3.63) is 60.2 Å². The fourth-order valence-electron chi connectivity index (χ4n) is 5.07. The summed E-state index contributed by atoms with van der Waals surface area (Å²) in [6.07, 6.45) is 2.20. The predicted molar refractivity (Wildman–Crippen MR) is 127 cm³/mol. The molecule has 3 aliphatic heterocycles. The molecule has 0 aromatic heterocycles. The van der Waals surface area contributed by atoms with Crippen LogP contribution in [-0.2, 0) is 0 Å². The molecule has 2 amide bonds. The van der Waals surface area contributed by atoms with Gasteiger partial charge in [-0.3, -0.25) is 4.90 Å². The number of carbonyl (C=O) groups is 1. The summed E-state index contributed by atoms with van der Waals surface area (Å²) < 4.78 is 12.0. The van der Waals surface area contributed by atoms with Crippen LogP contribution in [-0.4, -0.2) is 72.2 Å². The van der Waals surface area contributed by atoms with Crippen molar-refractivity contribution in [3.63, 3.8) is 0 Å². The summed E-state index contributed by atoms with van der Waals surface area (Å²) in [6, 6.07) is 18.7. The fraction of sp³-hybridized carbons (Fsp3) is 0.480. The highest BCUT2D eigenvalue weighted by atomic mass is 35.5. The largest absolute Gasteiger partial charge is 0.486 e. The average molecular weight is 458 g/mol. The van der Waals surface area contributed by atoms with E-state index >= 15 is 0 Å². The Bertz CT molecular complexity index is 912. The number of hydrogen-bond acceptors (Lipinski definition) is 4. The molecule has 2 aromatic carbocycles. The maximum Gasteiger partial charge on any atom is 0.320 e. The predicted octanol–water partition coefficient (Wildman–Crippen LogP) is 4.21. The summed E-state index contributed by atoms with van der Waals surface area (Å²) in [5.41, 5.74) is 1.19. The van der Waals surface area contributed by atoms with Crippen LogP contribution in [0.3, 0.4) is 0 Å². The zero-order valence-corrected chi connectivity index (χ0v) is 19.4. The van der Waals surface area contributed by atoms with Gasteiger partial charge in [-0.2, -0.15) is 0 Å². The number of ether oxygens (including phenoxy) is 2. The van der Waals surface area contributed by atoms with Gasteiger partial charge < -0.3 is 19.3 Å². The SMILES string of the molecule is CC(c1ccccc1)N1CCN(C2CCCN(CC3COc4ccccc4O3)C2)C1=O.Cl. The van der Waals surface area contributed by atoms with Gasteiger partial charge in [0.2, 0.25) is 0 Å². The molecule has 0 radical (unpaired) electrons. The Balaban J connectivity index is 0.00000245. The lowest BCUT2D eigenvalue weighted by Gasteiger charge is -2.39. The Morgan fingerprint density at radius 3 is 2.56 bits per heavy atom. The number of carbonyl (C=O) groups excluding carboxylic acids is 1. The van der Waals surface area contributed by atoms with Gasteiger partial charge in [0.1, 0.15) is 12.7 Å². The van der Waals surface area contributed by atoms with Crippen LogP contribution in [0.15, 0.2) is 54.6 Å². The molecule has 3 aliphatic rings. The van der Waals surface area contributed by atoms with Crippen LogP contribution < -0.4 is 9.47 Å². The number of amides is 2. The van der Waals surface area contributed by atoms with Gasteiger partial charge in [0.15, 0.2) is 11.5 Å². The van der Waals surface area contributed by atoms with Gasteiger partial charge in [0.25, 0.3) is 0 Å². The minimum Gasteiger partial charge on any atom is -0.486 e. The molecule has 2 aromatic rings. The average Bonchev–Trinajstić information content (AvgIpc) is 3.20. The zero-order valence-electron chi connectivity index (χ0n) is 18.6. The second-order valence-electron chi connectivity index (χ2n) is 8.81. The lowest BCUT2D eigenvalue weighted by Crippen LogP contribution is -2.52. The number of para-hydroxylation sites is 2. The highest BCUT2D eigenvalue weighted by Gasteiger charge is 2.38. The van der Waals surface area contributed by atoms with Crippen molar-refractivity contribution in [2.75, 3.05) is 39.3 Å². The molecule has 6 nitrogen and oxygen atoms in total. The molecule has 2 fully saturated rings. The topological polar surface area (TPSA) is 45.2 Å². The maximum absolute atomic E-state index is 13.2. The van der Waals surface area contributed by atoms with Crippen LogP contribution in [0.1, 0.15) is 31.4 Å². The number of fused-ring (bicyclic) bond motifs is 1. The van der Waals surface area contributed by atoms with Gasteiger partial charge in [0.05, 0.1) is 6.04 Å². The molecule has 0 saturated carbocycles. The van der Waals surface area contributed by atoms with Crippen molar-refractivity contribution >= 4 is 18.4 Å². The van der Waals surface area contributed by atoms with E-state index in [-0.39, 0.29) is 36.6 Å². The molecule has 172 valence electrons. The summed E-state index contributed by atoms with van der Waals surface area (Å²) in [5.74, 6) is 1.65. The van der Waals surface area contributed by atoms with Crippen LogP contribution in [0.2, 0.25) is 0 Å². The number of urea groups is 1. The maximum atomic E-state index is 13.2. The first-order valence-corrected chi connectivity index (χ1v) is 11.4. The summed E-state index contributed by atoms with van der Waals surface area (Å²) in [5, 5.41) is 0. The van der Waals surface area contributed by atoms with E-state index in [9.17, 15) is 4.79 Å². The van der Waals surface area contributed by atoms with Gasteiger partial charge in [-0.15, -0.1) is 12.4 Å². The van der Waals surface area contributed by atoms with Crippen LogP contribution >= 0.6 is 12.4 Å². The van der Waals surface area contributed by atoms with Gasteiger partial charge >= 0.3 is 6.03 Å². The standard InChI is InChI=1S/C25H31N3O3.ClH/c1-19(20-8-3-2-4-9-20)27-14-15-28(25(27)29)21-10-7-13-26(16-21)17-22-18-30-23-11-5-6-12-24(23)31-22;/h2-6,8-9,11-12,19,21-22H,7,10,13-18H2,1H3;1H. The van der Waals surface area contributed by atoms with Crippen LogP contribution in [0.4, 0.5) is 4.79 Å². The molecule has 0 aliphatic carbocycles. The second kappa shape index (κ2) is 10.0. The fourth-order valence-corrected chi connectivity index (χ4v) is 5.07. The Labute approximate surface area is 196 Å². The highest BCUT2D eigenvalue weighted by molar-refractivity contribution is 5.85. The normalized spacial score (nSPS) is 24.2. The number of rotatable bonds is 5.